The van der Waals surface area contributed by atoms with Gasteiger partial charge in [0.15, 0.2) is 0 Å². The van der Waals surface area contributed by atoms with Crippen LogP contribution < -0.4 is 10.1 Å². The van der Waals surface area contributed by atoms with Gasteiger partial charge in [0.05, 0.1) is 13.2 Å². The number of aliphatic hydroxyl groups excluding tert-OH is 1. The van der Waals surface area contributed by atoms with E-state index < -0.39 is 6.10 Å². The van der Waals surface area contributed by atoms with Crippen LogP contribution in [-0.2, 0) is 13.5 Å². The second-order valence-electron chi connectivity index (χ2n) is 5.16. The van der Waals surface area contributed by atoms with E-state index in [9.17, 15) is 5.11 Å². The van der Waals surface area contributed by atoms with Crippen LogP contribution in [0, 0.1) is 6.92 Å². The Bertz CT molecular complexity index is 581. The SMILES string of the molecule is COc1ccc(C)cc1C(O)CNCCc1ccnn1C. The maximum atomic E-state index is 10.3. The second-order valence-corrected chi connectivity index (χ2v) is 5.16. The molecule has 0 saturated heterocycles. The standard InChI is InChI=1S/C16H23N3O2/c1-12-4-5-16(21-3)14(10-12)15(20)11-17-8-6-13-7-9-18-19(13)2/h4-5,7,9-10,15,17,20H,6,8,11H2,1-3H3. The highest BCUT2D eigenvalue weighted by Crippen LogP contribution is 2.25. The molecule has 1 heterocycles. The first-order chi connectivity index (χ1) is 10.1. The molecule has 0 saturated carbocycles. The quantitative estimate of drug-likeness (QED) is 0.760. The first-order valence-electron chi connectivity index (χ1n) is 7.12. The molecule has 0 aliphatic carbocycles. The summed E-state index contributed by atoms with van der Waals surface area (Å²) in [5.41, 5.74) is 3.11. The number of aryl methyl sites for hydroxylation is 2. The van der Waals surface area contributed by atoms with Crippen molar-refractivity contribution in [3.05, 3.63) is 47.3 Å². The first kappa shape index (κ1) is 15.5. The van der Waals surface area contributed by atoms with Gasteiger partial charge in [-0.2, -0.15) is 5.10 Å². The highest BCUT2D eigenvalue weighted by Gasteiger charge is 2.13. The lowest BCUT2D eigenvalue weighted by Crippen LogP contribution is -2.24. The molecule has 2 aromatic rings. The molecule has 0 radical (unpaired) electrons. The molecular formula is C16H23N3O2. The van der Waals surface area contributed by atoms with Crippen LogP contribution in [0.15, 0.2) is 30.5 Å². The van der Waals surface area contributed by atoms with E-state index in [4.69, 9.17) is 4.74 Å². The predicted molar refractivity (Wildman–Crippen MR) is 82.5 cm³/mol. The monoisotopic (exact) mass is 289 g/mol. The maximum Gasteiger partial charge on any atom is 0.124 e. The Morgan fingerprint density at radius 3 is 2.86 bits per heavy atom. The molecule has 1 atom stereocenters. The molecule has 0 aliphatic heterocycles. The van der Waals surface area contributed by atoms with Crippen LogP contribution in [0.3, 0.4) is 0 Å². The van der Waals surface area contributed by atoms with Crippen molar-refractivity contribution in [1.29, 1.82) is 0 Å². The van der Waals surface area contributed by atoms with Gasteiger partial charge in [0.1, 0.15) is 5.75 Å². The topological polar surface area (TPSA) is 59.3 Å². The van der Waals surface area contributed by atoms with Gasteiger partial charge >= 0.3 is 0 Å². The molecule has 1 unspecified atom stereocenters. The molecule has 5 heteroatoms. The van der Waals surface area contributed by atoms with Gasteiger partial charge in [-0.1, -0.05) is 11.6 Å². The third kappa shape index (κ3) is 4.06. The molecule has 114 valence electrons. The van der Waals surface area contributed by atoms with Gasteiger partial charge in [-0.3, -0.25) is 4.68 Å². The lowest BCUT2D eigenvalue weighted by molar-refractivity contribution is 0.170. The summed E-state index contributed by atoms with van der Waals surface area (Å²) in [6.07, 6.45) is 2.10. The molecule has 0 spiro atoms. The fraction of sp³-hybridized carbons (Fsp3) is 0.438. The molecule has 1 aromatic carbocycles. The molecular weight excluding hydrogens is 266 g/mol. The number of aromatic nitrogens is 2. The number of ether oxygens (including phenoxy) is 1. The zero-order valence-corrected chi connectivity index (χ0v) is 12.8. The number of nitrogens with one attached hydrogen (secondary N) is 1. The molecule has 5 nitrogen and oxygen atoms in total. The Hall–Kier alpha value is -1.85. The van der Waals surface area contributed by atoms with Crippen molar-refractivity contribution in [1.82, 2.24) is 15.1 Å². The minimum absolute atomic E-state index is 0.498. The fourth-order valence-electron chi connectivity index (χ4n) is 2.33. The normalized spacial score (nSPS) is 12.4. The maximum absolute atomic E-state index is 10.3. The van der Waals surface area contributed by atoms with Crippen molar-refractivity contribution in [3.63, 3.8) is 0 Å². The van der Waals surface area contributed by atoms with Crippen molar-refractivity contribution >= 4 is 0 Å². The average molecular weight is 289 g/mol. The van der Waals surface area contributed by atoms with E-state index >= 15 is 0 Å². The summed E-state index contributed by atoms with van der Waals surface area (Å²) in [7, 11) is 3.55. The van der Waals surface area contributed by atoms with E-state index in [1.807, 2.05) is 42.9 Å². The van der Waals surface area contributed by atoms with Gasteiger partial charge in [0, 0.05) is 44.0 Å². The minimum Gasteiger partial charge on any atom is -0.496 e. The number of nitrogens with zero attached hydrogens (tertiary/aromatic N) is 2. The zero-order valence-electron chi connectivity index (χ0n) is 12.8. The van der Waals surface area contributed by atoms with Crippen LogP contribution in [0.25, 0.3) is 0 Å². The summed E-state index contributed by atoms with van der Waals surface area (Å²) in [4.78, 5) is 0. The van der Waals surface area contributed by atoms with Crippen LogP contribution in [0.4, 0.5) is 0 Å². The molecule has 1 aromatic heterocycles. The zero-order chi connectivity index (χ0) is 15.2. The van der Waals surface area contributed by atoms with E-state index in [1.54, 1.807) is 13.3 Å². The number of methoxy groups -OCH3 is 1. The van der Waals surface area contributed by atoms with Crippen molar-refractivity contribution in [2.24, 2.45) is 7.05 Å². The fourth-order valence-corrected chi connectivity index (χ4v) is 2.33. The lowest BCUT2D eigenvalue weighted by atomic mass is 10.1. The van der Waals surface area contributed by atoms with Crippen LogP contribution >= 0.6 is 0 Å². The predicted octanol–water partition coefficient (Wildman–Crippen LogP) is 1.60. The molecule has 2 rings (SSSR count). The van der Waals surface area contributed by atoms with E-state index in [0.29, 0.717) is 6.54 Å². The number of hydrogen-bond donors (Lipinski definition) is 2. The lowest BCUT2D eigenvalue weighted by Gasteiger charge is -2.16. The number of rotatable bonds is 7. The van der Waals surface area contributed by atoms with Crippen LogP contribution in [-0.4, -0.2) is 35.1 Å². The Balaban J connectivity index is 1.86. The summed E-state index contributed by atoms with van der Waals surface area (Å²) in [6, 6.07) is 7.84. The number of benzene rings is 1. The third-order valence-corrected chi connectivity index (χ3v) is 3.56. The summed E-state index contributed by atoms with van der Waals surface area (Å²) in [5, 5.41) is 17.7. The van der Waals surface area contributed by atoms with Crippen LogP contribution in [0.2, 0.25) is 0 Å². The summed E-state index contributed by atoms with van der Waals surface area (Å²) in [5.74, 6) is 0.724. The smallest absolute Gasteiger partial charge is 0.124 e. The van der Waals surface area contributed by atoms with Gasteiger partial charge in [-0.05, 0) is 25.1 Å². The van der Waals surface area contributed by atoms with Gasteiger partial charge in [0.2, 0.25) is 0 Å². The molecule has 0 aliphatic rings. The Morgan fingerprint density at radius 1 is 1.38 bits per heavy atom. The number of hydrogen-bond acceptors (Lipinski definition) is 4. The number of aliphatic hydroxyl groups is 1. The molecule has 2 N–H and O–H groups in total. The van der Waals surface area contributed by atoms with Crippen molar-refractivity contribution in [2.45, 2.75) is 19.4 Å². The molecule has 0 fully saturated rings. The van der Waals surface area contributed by atoms with Crippen molar-refractivity contribution in [3.8, 4) is 5.75 Å². The van der Waals surface area contributed by atoms with E-state index in [0.717, 1.165) is 29.8 Å². The van der Waals surface area contributed by atoms with Gasteiger partial charge < -0.3 is 15.2 Å². The highest BCUT2D eigenvalue weighted by molar-refractivity contribution is 5.38. The average Bonchev–Trinajstić information content (AvgIpc) is 2.88. The Morgan fingerprint density at radius 2 is 2.19 bits per heavy atom. The Kier molecular flexibility index (Phi) is 5.36. The van der Waals surface area contributed by atoms with Crippen molar-refractivity contribution < 1.29 is 9.84 Å². The second kappa shape index (κ2) is 7.24. The first-order valence-corrected chi connectivity index (χ1v) is 7.12. The largest absolute Gasteiger partial charge is 0.496 e. The Labute approximate surface area is 125 Å². The summed E-state index contributed by atoms with van der Waals surface area (Å²) < 4.78 is 7.17. The van der Waals surface area contributed by atoms with E-state index in [2.05, 4.69) is 10.4 Å². The highest BCUT2D eigenvalue weighted by atomic mass is 16.5. The molecule has 21 heavy (non-hydrogen) atoms. The molecule has 0 bridgehead atoms. The van der Waals surface area contributed by atoms with Crippen LogP contribution in [0.5, 0.6) is 5.75 Å². The minimum atomic E-state index is -0.577. The third-order valence-electron chi connectivity index (χ3n) is 3.56. The van der Waals surface area contributed by atoms with Crippen molar-refractivity contribution in [2.75, 3.05) is 20.2 Å². The van der Waals surface area contributed by atoms with E-state index in [-0.39, 0.29) is 0 Å². The molecule has 0 amide bonds. The summed E-state index contributed by atoms with van der Waals surface area (Å²) >= 11 is 0. The van der Waals surface area contributed by atoms with Gasteiger partial charge in [-0.15, -0.1) is 0 Å². The van der Waals surface area contributed by atoms with Gasteiger partial charge in [-0.25, -0.2) is 0 Å². The van der Waals surface area contributed by atoms with E-state index in [1.165, 1.54) is 5.69 Å². The van der Waals surface area contributed by atoms with Crippen LogP contribution in [0.1, 0.15) is 22.9 Å². The van der Waals surface area contributed by atoms with Gasteiger partial charge in [0.25, 0.3) is 0 Å². The summed E-state index contributed by atoms with van der Waals surface area (Å²) in [6.45, 7) is 3.30.